The molecule has 0 saturated carbocycles. The van der Waals surface area contributed by atoms with Gasteiger partial charge in [0.1, 0.15) is 4.60 Å². The summed E-state index contributed by atoms with van der Waals surface area (Å²) in [4.78, 5) is 10.6. The van der Waals surface area contributed by atoms with Gasteiger partial charge in [-0.15, -0.1) is 0 Å². The number of nitrogens with one attached hydrogen (secondary N) is 1. The van der Waals surface area contributed by atoms with Gasteiger partial charge >= 0.3 is 0 Å². The number of imidazole rings is 1. The average Bonchev–Trinajstić information content (AvgIpc) is 2.87. The van der Waals surface area contributed by atoms with Crippen molar-refractivity contribution in [1.82, 2.24) is 14.4 Å². The maximum absolute atomic E-state index is 4.35. The zero-order valence-corrected chi connectivity index (χ0v) is 13.5. The number of nitrogens with zero attached hydrogens (tertiary/aromatic N) is 4. The second-order valence-corrected chi connectivity index (χ2v) is 5.80. The number of rotatable bonds is 4. The number of halogens is 1. The molecule has 0 saturated heterocycles. The van der Waals surface area contributed by atoms with Crippen LogP contribution in [0.3, 0.4) is 0 Å². The molecule has 3 aromatic rings. The Morgan fingerprint density at radius 2 is 2.10 bits per heavy atom. The second-order valence-electron chi connectivity index (χ2n) is 4.99. The normalized spacial score (nSPS) is 10.8. The monoisotopic (exact) mass is 345 g/mol. The Kier molecular flexibility index (Phi) is 3.79. The van der Waals surface area contributed by atoms with E-state index in [0.29, 0.717) is 6.54 Å². The van der Waals surface area contributed by atoms with Crippen molar-refractivity contribution in [2.24, 2.45) is 0 Å². The summed E-state index contributed by atoms with van der Waals surface area (Å²) in [5.41, 5.74) is 4.19. The van der Waals surface area contributed by atoms with E-state index in [4.69, 9.17) is 0 Å². The zero-order chi connectivity index (χ0) is 14.8. The third-order valence-electron chi connectivity index (χ3n) is 3.28. The first-order valence-electron chi connectivity index (χ1n) is 6.62. The minimum atomic E-state index is 0.703. The highest BCUT2D eigenvalue weighted by Gasteiger charge is 2.04. The Morgan fingerprint density at radius 1 is 1.24 bits per heavy atom. The van der Waals surface area contributed by atoms with Crippen LogP contribution in [0.25, 0.3) is 5.65 Å². The Balaban J connectivity index is 1.80. The van der Waals surface area contributed by atoms with E-state index >= 15 is 0 Å². The SMILES string of the molecule is CN(C)c1cccc(NCc2cnc3cnc(Br)cn23)c1. The summed E-state index contributed by atoms with van der Waals surface area (Å²) >= 11 is 3.39. The topological polar surface area (TPSA) is 45.5 Å². The van der Waals surface area contributed by atoms with Gasteiger partial charge in [-0.2, -0.15) is 0 Å². The molecular formula is C15H16BrN5. The van der Waals surface area contributed by atoms with Gasteiger partial charge in [0.2, 0.25) is 0 Å². The number of anilines is 2. The van der Waals surface area contributed by atoms with Crippen molar-refractivity contribution < 1.29 is 0 Å². The van der Waals surface area contributed by atoms with Gasteiger partial charge in [-0.05, 0) is 34.1 Å². The van der Waals surface area contributed by atoms with Crippen LogP contribution >= 0.6 is 15.9 Å². The van der Waals surface area contributed by atoms with Crippen LogP contribution in [0.15, 0.2) is 47.5 Å². The number of benzene rings is 1. The van der Waals surface area contributed by atoms with Gasteiger partial charge in [0.15, 0.2) is 5.65 Å². The summed E-state index contributed by atoms with van der Waals surface area (Å²) in [5, 5.41) is 3.43. The fraction of sp³-hybridized carbons (Fsp3) is 0.200. The predicted molar refractivity (Wildman–Crippen MR) is 88.8 cm³/mol. The summed E-state index contributed by atoms with van der Waals surface area (Å²) in [7, 11) is 4.07. The second kappa shape index (κ2) is 5.73. The lowest BCUT2D eigenvalue weighted by Crippen LogP contribution is -2.09. The molecule has 0 amide bonds. The molecule has 0 atom stereocenters. The third-order valence-corrected chi connectivity index (χ3v) is 3.69. The molecule has 1 N–H and O–H groups in total. The highest BCUT2D eigenvalue weighted by atomic mass is 79.9. The standard InChI is InChI=1S/C15H16BrN5/c1-20(2)12-5-3-4-11(6-12)17-7-13-8-19-15-9-18-14(16)10-21(13)15/h3-6,8-10,17H,7H2,1-2H3. The summed E-state index contributed by atoms with van der Waals surface area (Å²) in [6.07, 6.45) is 5.54. The number of hydrogen-bond donors (Lipinski definition) is 1. The van der Waals surface area contributed by atoms with Crippen LogP contribution in [0.1, 0.15) is 5.69 Å². The molecule has 0 aliphatic heterocycles. The van der Waals surface area contributed by atoms with Crippen LogP contribution in [0, 0.1) is 0 Å². The van der Waals surface area contributed by atoms with E-state index < -0.39 is 0 Å². The van der Waals surface area contributed by atoms with Gasteiger partial charge in [-0.3, -0.25) is 4.40 Å². The van der Waals surface area contributed by atoms with E-state index in [1.54, 1.807) is 6.20 Å². The van der Waals surface area contributed by atoms with E-state index in [9.17, 15) is 0 Å². The van der Waals surface area contributed by atoms with Crippen molar-refractivity contribution in [2.45, 2.75) is 6.54 Å². The molecule has 0 spiro atoms. The minimum absolute atomic E-state index is 0.703. The predicted octanol–water partition coefficient (Wildman–Crippen LogP) is 3.17. The van der Waals surface area contributed by atoms with Crippen LogP contribution in [0.5, 0.6) is 0 Å². The van der Waals surface area contributed by atoms with Crippen molar-refractivity contribution >= 4 is 33.0 Å². The van der Waals surface area contributed by atoms with Crippen molar-refractivity contribution in [3.8, 4) is 0 Å². The van der Waals surface area contributed by atoms with Crippen LogP contribution in [0.2, 0.25) is 0 Å². The fourth-order valence-electron chi connectivity index (χ4n) is 2.13. The first-order valence-corrected chi connectivity index (χ1v) is 7.41. The largest absolute Gasteiger partial charge is 0.379 e. The van der Waals surface area contributed by atoms with Crippen LogP contribution < -0.4 is 10.2 Å². The summed E-state index contributed by atoms with van der Waals surface area (Å²) in [6, 6.07) is 8.32. The molecule has 5 nitrogen and oxygen atoms in total. The first-order chi connectivity index (χ1) is 10.1. The lowest BCUT2D eigenvalue weighted by molar-refractivity contribution is 0.983. The molecule has 1 aromatic carbocycles. The van der Waals surface area contributed by atoms with E-state index in [1.807, 2.05) is 37.0 Å². The van der Waals surface area contributed by atoms with Crippen LogP contribution in [-0.2, 0) is 6.54 Å². The van der Waals surface area contributed by atoms with Gasteiger partial charge in [0.25, 0.3) is 0 Å². The lowest BCUT2D eigenvalue weighted by atomic mass is 10.2. The quantitative estimate of drug-likeness (QED) is 0.788. The molecule has 0 aliphatic carbocycles. The van der Waals surface area contributed by atoms with Crippen molar-refractivity contribution in [3.63, 3.8) is 0 Å². The van der Waals surface area contributed by atoms with E-state index in [0.717, 1.165) is 21.6 Å². The minimum Gasteiger partial charge on any atom is -0.379 e. The van der Waals surface area contributed by atoms with E-state index in [1.165, 1.54) is 5.69 Å². The Labute approximate surface area is 131 Å². The Hall–Kier alpha value is -2.08. The molecule has 6 heteroatoms. The van der Waals surface area contributed by atoms with Gasteiger partial charge < -0.3 is 10.2 Å². The molecule has 108 valence electrons. The first kappa shape index (κ1) is 13.9. The maximum atomic E-state index is 4.35. The van der Waals surface area contributed by atoms with Crippen LogP contribution in [-0.4, -0.2) is 28.5 Å². The molecule has 21 heavy (non-hydrogen) atoms. The molecule has 0 unspecified atom stereocenters. The van der Waals surface area contributed by atoms with Crippen molar-refractivity contribution in [2.75, 3.05) is 24.3 Å². The number of aromatic nitrogens is 3. The summed E-state index contributed by atoms with van der Waals surface area (Å²) in [6.45, 7) is 0.703. The van der Waals surface area contributed by atoms with Gasteiger partial charge in [0.05, 0.1) is 24.6 Å². The lowest BCUT2D eigenvalue weighted by Gasteiger charge is -2.14. The van der Waals surface area contributed by atoms with Crippen molar-refractivity contribution in [3.05, 3.63) is 53.2 Å². The van der Waals surface area contributed by atoms with Gasteiger partial charge in [0, 0.05) is 31.7 Å². The zero-order valence-electron chi connectivity index (χ0n) is 11.9. The third kappa shape index (κ3) is 3.00. The van der Waals surface area contributed by atoms with Crippen molar-refractivity contribution in [1.29, 1.82) is 0 Å². The smallest absolute Gasteiger partial charge is 0.155 e. The van der Waals surface area contributed by atoms with Gasteiger partial charge in [-0.25, -0.2) is 9.97 Å². The molecule has 2 aromatic heterocycles. The molecule has 2 heterocycles. The highest BCUT2D eigenvalue weighted by molar-refractivity contribution is 9.10. The molecule has 0 fully saturated rings. The molecule has 0 aliphatic rings. The van der Waals surface area contributed by atoms with Crippen LogP contribution in [0.4, 0.5) is 11.4 Å². The highest BCUT2D eigenvalue weighted by Crippen LogP contribution is 2.18. The number of fused-ring (bicyclic) bond motifs is 1. The maximum Gasteiger partial charge on any atom is 0.155 e. The summed E-state index contributed by atoms with van der Waals surface area (Å²) in [5.74, 6) is 0. The average molecular weight is 346 g/mol. The number of hydrogen-bond acceptors (Lipinski definition) is 4. The van der Waals surface area contributed by atoms with E-state index in [-0.39, 0.29) is 0 Å². The Morgan fingerprint density at radius 3 is 2.90 bits per heavy atom. The molecular weight excluding hydrogens is 330 g/mol. The Bertz CT molecular complexity index is 766. The summed E-state index contributed by atoms with van der Waals surface area (Å²) < 4.78 is 2.82. The van der Waals surface area contributed by atoms with E-state index in [2.05, 4.69) is 54.3 Å². The fourth-order valence-corrected chi connectivity index (χ4v) is 2.44. The van der Waals surface area contributed by atoms with Gasteiger partial charge in [-0.1, -0.05) is 6.07 Å². The molecule has 0 radical (unpaired) electrons. The molecule has 3 rings (SSSR count). The molecule has 0 bridgehead atoms.